The van der Waals surface area contributed by atoms with Crippen molar-refractivity contribution in [3.63, 3.8) is 0 Å². The van der Waals surface area contributed by atoms with E-state index in [1.165, 1.54) is 0 Å². The zero-order valence-corrected chi connectivity index (χ0v) is 21.7. The molecule has 2 aromatic carbocycles. The number of ketones is 2. The number of phenols is 2. The molecule has 3 atom stereocenters. The Labute approximate surface area is 207 Å². The molecule has 2 aliphatic rings. The zero-order valence-electron chi connectivity index (χ0n) is 21.7. The molecule has 0 heterocycles. The van der Waals surface area contributed by atoms with Gasteiger partial charge < -0.3 is 15.3 Å². The molecule has 2 aromatic rings. The van der Waals surface area contributed by atoms with E-state index >= 15 is 0 Å². The fourth-order valence-electron chi connectivity index (χ4n) is 5.96. The summed E-state index contributed by atoms with van der Waals surface area (Å²) in [4.78, 5) is 27.9. The van der Waals surface area contributed by atoms with Crippen molar-refractivity contribution < 1.29 is 24.9 Å². The number of hydrogen-bond acceptors (Lipinski definition) is 5. The van der Waals surface area contributed by atoms with Crippen molar-refractivity contribution >= 4 is 22.3 Å². The highest BCUT2D eigenvalue weighted by molar-refractivity contribution is 6.23. The lowest BCUT2D eigenvalue weighted by Gasteiger charge is -2.53. The van der Waals surface area contributed by atoms with Gasteiger partial charge in [-0.1, -0.05) is 37.1 Å². The van der Waals surface area contributed by atoms with Crippen LogP contribution in [0.5, 0.6) is 11.5 Å². The first kappa shape index (κ1) is 25.2. The van der Waals surface area contributed by atoms with Crippen LogP contribution in [0.2, 0.25) is 0 Å². The van der Waals surface area contributed by atoms with Gasteiger partial charge in [0.2, 0.25) is 0 Å². The van der Waals surface area contributed by atoms with Crippen molar-refractivity contribution in [1.29, 1.82) is 0 Å². The molecule has 3 N–H and O–H groups in total. The molecule has 5 nitrogen and oxygen atoms in total. The fraction of sp³-hybridized carbons (Fsp3) is 0.467. The van der Waals surface area contributed by atoms with E-state index in [1.807, 2.05) is 46.8 Å². The zero-order chi connectivity index (χ0) is 26.0. The molecule has 0 aromatic heterocycles. The normalized spacial score (nSPS) is 24.8. The second-order valence-electron chi connectivity index (χ2n) is 11.5. The molecule has 0 radical (unpaired) electrons. The molecule has 5 heteroatoms. The summed E-state index contributed by atoms with van der Waals surface area (Å²) in [6.45, 7) is 13.3. The quantitative estimate of drug-likeness (QED) is 0.381. The van der Waals surface area contributed by atoms with Gasteiger partial charge in [-0.2, -0.15) is 0 Å². The number of Topliss-reactive ketones (excluding diaryl/α,β-unsaturated/α-hetero) is 2. The van der Waals surface area contributed by atoms with Crippen LogP contribution < -0.4 is 0 Å². The Morgan fingerprint density at radius 1 is 1.06 bits per heavy atom. The van der Waals surface area contributed by atoms with Gasteiger partial charge in [-0.15, -0.1) is 0 Å². The number of benzene rings is 2. The van der Waals surface area contributed by atoms with Crippen LogP contribution in [-0.2, 0) is 16.6 Å². The minimum Gasteiger partial charge on any atom is -0.507 e. The lowest BCUT2D eigenvalue weighted by Crippen LogP contribution is -2.62. The predicted octanol–water partition coefficient (Wildman–Crippen LogP) is 5.83. The van der Waals surface area contributed by atoms with Gasteiger partial charge in [0, 0.05) is 5.41 Å². The van der Waals surface area contributed by atoms with Gasteiger partial charge in [0.1, 0.15) is 11.5 Å². The van der Waals surface area contributed by atoms with Crippen LogP contribution in [0.15, 0.2) is 35.4 Å². The Morgan fingerprint density at radius 2 is 1.69 bits per heavy atom. The Kier molecular flexibility index (Phi) is 6.00. The van der Waals surface area contributed by atoms with Gasteiger partial charge in [0.05, 0.1) is 28.4 Å². The minimum absolute atomic E-state index is 0.0914. The first-order chi connectivity index (χ1) is 16.2. The molecule has 186 valence electrons. The van der Waals surface area contributed by atoms with Gasteiger partial charge in [-0.25, -0.2) is 0 Å². The largest absolute Gasteiger partial charge is 0.507 e. The molecule has 2 bridgehead atoms. The third kappa shape index (κ3) is 3.63. The molecule has 35 heavy (non-hydrogen) atoms. The second-order valence-corrected chi connectivity index (χ2v) is 11.5. The first-order valence-electron chi connectivity index (χ1n) is 12.3. The fourth-order valence-corrected chi connectivity index (χ4v) is 5.96. The number of phenolic OH excluding ortho intramolecular Hbond substituents is 2. The number of aliphatic hydroxyl groups excluding tert-OH is 1. The summed E-state index contributed by atoms with van der Waals surface area (Å²) in [5, 5.41) is 34.4. The van der Waals surface area contributed by atoms with Gasteiger partial charge >= 0.3 is 0 Å². The Balaban J connectivity index is 2.15. The summed E-state index contributed by atoms with van der Waals surface area (Å²) in [7, 11) is 0. The smallest absolute Gasteiger partial charge is 0.178 e. The summed E-state index contributed by atoms with van der Waals surface area (Å²) in [5.41, 5.74) is 2.43. The molecule has 0 saturated heterocycles. The van der Waals surface area contributed by atoms with E-state index in [0.29, 0.717) is 23.8 Å². The molecule has 1 fully saturated rings. The third-order valence-corrected chi connectivity index (χ3v) is 8.19. The van der Waals surface area contributed by atoms with Crippen LogP contribution in [0.4, 0.5) is 0 Å². The van der Waals surface area contributed by atoms with E-state index in [-0.39, 0.29) is 34.7 Å². The van der Waals surface area contributed by atoms with Crippen molar-refractivity contribution in [2.45, 2.75) is 79.2 Å². The number of fused-ring (bicyclic) bond motifs is 5. The number of allylic oxidation sites excluding steroid dienone is 4. The number of carbonyl (C=O) groups excluding carboxylic acids is 2. The number of aromatic hydroxyl groups is 2. The van der Waals surface area contributed by atoms with E-state index in [9.17, 15) is 24.9 Å². The molecular formula is C30H36O5. The van der Waals surface area contributed by atoms with E-state index in [2.05, 4.69) is 6.08 Å². The van der Waals surface area contributed by atoms with Crippen molar-refractivity contribution in [1.82, 2.24) is 0 Å². The van der Waals surface area contributed by atoms with Crippen LogP contribution in [0.25, 0.3) is 10.8 Å². The molecule has 0 amide bonds. The Morgan fingerprint density at radius 3 is 2.29 bits per heavy atom. The molecule has 0 unspecified atom stereocenters. The number of hydrogen-bond donors (Lipinski definition) is 3. The van der Waals surface area contributed by atoms with E-state index in [1.54, 1.807) is 19.9 Å². The molecule has 0 spiro atoms. The van der Waals surface area contributed by atoms with Crippen molar-refractivity contribution in [3.05, 3.63) is 57.7 Å². The molecule has 0 aliphatic heterocycles. The Bertz CT molecular complexity index is 1320. The van der Waals surface area contributed by atoms with Crippen LogP contribution >= 0.6 is 0 Å². The van der Waals surface area contributed by atoms with E-state index in [4.69, 9.17) is 0 Å². The van der Waals surface area contributed by atoms with Crippen molar-refractivity contribution in [2.24, 2.45) is 11.3 Å². The maximum absolute atomic E-state index is 14.1. The summed E-state index contributed by atoms with van der Waals surface area (Å²) < 4.78 is 0. The molecular weight excluding hydrogens is 440 g/mol. The average molecular weight is 477 g/mol. The first-order valence-corrected chi connectivity index (χ1v) is 12.3. The van der Waals surface area contributed by atoms with Crippen LogP contribution in [0.3, 0.4) is 0 Å². The standard InChI is InChI=1S/C30H36O5/c1-15(2)8-9-18-17(5)12-21(31)23-19(18)13-20-24(26(23)33)27(34)25-28(35)30(20,11-10-16(3)4)14-22(32)29(25,6)7/h8,10,12-13,22,25,31-33H,9,11,14H2,1-7H3/t22-,25+,30-/m0/s1. The predicted molar refractivity (Wildman–Crippen MR) is 138 cm³/mol. The van der Waals surface area contributed by atoms with Crippen molar-refractivity contribution in [2.75, 3.05) is 0 Å². The third-order valence-electron chi connectivity index (χ3n) is 8.19. The second kappa shape index (κ2) is 8.34. The van der Waals surface area contributed by atoms with Gasteiger partial charge in [-0.05, 0) is 88.1 Å². The molecule has 2 aliphatic carbocycles. The van der Waals surface area contributed by atoms with Crippen LogP contribution in [0.1, 0.15) is 81.4 Å². The van der Waals surface area contributed by atoms with Crippen molar-refractivity contribution in [3.8, 4) is 11.5 Å². The minimum atomic E-state index is -1.13. The maximum atomic E-state index is 14.1. The van der Waals surface area contributed by atoms with Crippen LogP contribution in [-0.4, -0.2) is 33.0 Å². The molecule has 1 saturated carbocycles. The topological polar surface area (TPSA) is 94.8 Å². The van der Waals surface area contributed by atoms with Gasteiger partial charge in [0.15, 0.2) is 11.6 Å². The number of carbonyl (C=O) groups is 2. The highest BCUT2D eigenvalue weighted by atomic mass is 16.3. The van der Waals surface area contributed by atoms with Gasteiger partial charge in [0.25, 0.3) is 0 Å². The summed E-state index contributed by atoms with van der Waals surface area (Å²) in [5.74, 6) is -2.10. The number of rotatable bonds is 4. The monoisotopic (exact) mass is 476 g/mol. The Hall–Kier alpha value is -2.92. The SMILES string of the molecule is CC(C)=CCc1c(C)cc(O)c2c(O)c3c(cc12)[C@]1(CC=C(C)C)C[C@H](O)C(C)(C)[C@H](C3=O)C1=O. The number of aryl methyl sites for hydroxylation is 1. The highest BCUT2D eigenvalue weighted by Crippen LogP contribution is 2.58. The molecule has 4 rings (SSSR count). The summed E-state index contributed by atoms with van der Waals surface area (Å²) >= 11 is 0. The van der Waals surface area contributed by atoms with E-state index in [0.717, 1.165) is 22.3 Å². The average Bonchev–Trinajstić information content (AvgIpc) is 2.73. The lowest BCUT2D eigenvalue weighted by atomic mass is 9.49. The van der Waals surface area contributed by atoms with Crippen LogP contribution in [0, 0.1) is 18.3 Å². The summed E-state index contributed by atoms with van der Waals surface area (Å²) in [6.07, 6.45) is 4.29. The summed E-state index contributed by atoms with van der Waals surface area (Å²) in [6, 6.07) is 3.44. The lowest BCUT2D eigenvalue weighted by molar-refractivity contribution is -0.144. The van der Waals surface area contributed by atoms with E-state index < -0.39 is 28.6 Å². The van der Waals surface area contributed by atoms with Gasteiger partial charge in [-0.3, -0.25) is 9.59 Å². The highest BCUT2D eigenvalue weighted by Gasteiger charge is 2.63. The maximum Gasteiger partial charge on any atom is 0.178 e. The number of aliphatic hydroxyl groups is 1.